The second kappa shape index (κ2) is 44.9. The predicted octanol–water partition coefficient (Wildman–Crippen LogP) is 14.8. The van der Waals surface area contributed by atoms with Gasteiger partial charge in [-0.25, -0.2) is 0 Å². The predicted molar refractivity (Wildman–Crippen MR) is 206 cm³/mol. The lowest BCUT2D eigenvalue weighted by Crippen LogP contribution is -2.05. The third-order valence-corrected chi connectivity index (χ3v) is 9.20. The summed E-state index contributed by atoms with van der Waals surface area (Å²) in [6.45, 7) is 9.89. The van der Waals surface area contributed by atoms with Crippen LogP contribution in [0.4, 0.5) is 0 Å². The van der Waals surface area contributed by atoms with Gasteiger partial charge in [0.05, 0.1) is 13.2 Å². The zero-order chi connectivity index (χ0) is 34.7. The highest BCUT2D eigenvalue weighted by Gasteiger charge is 2.03. The van der Waals surface area contributed by atoms with Crippen LogP contribution in [-0.4, -0.2) is 25.2 Å². The molecule has 0 rings (SSSR count). The molecule has 0 aliphatic heterocycles. The third-order valence-electron chi connectivity index (χ3n) is 9.20. The van der Waals surface area contributed by atoms with Crippen LogP contribution < -0.4 is 0 Å². The van der Waals surface area contributed by atoms with E-state index in [1.807, 2.05) is 6.92 Å². The topological polar surface area (TPSA) is 52.6 Å². The highest BCUT2D eigenvalue weighted by molar-refractivity contribution is 5.69. The molecule has 0 radical (unpaired) electrons. The molecule has 0 aromatic heterocycles. The van der Waals surface area contributed by atoms with Crippen LogP contribution in [0, 0.1) is 0 Å². The lowest BCUT2D eigenvalue weighted by molar-refractivity contribution is -0.144. The molecule has 0 fully saturated rings. The summed E-state index contributed by atoms with van der Waals surface area (Å²) in [7, 11) is 0. The molecule has 0 saturated heterocycles. The van der Waals surface area contributed by atoms with E-state index in [-0.39, 0.29) is 11.9 Å². The fourth-order valence-corrected chi connectivity index (χ4v) is 5.97. The first-order valence-electron chi connectivity index (χ1n) is 21.4. The molecule has 0 N–H and O–H groups in total. The van der Waals surface area contributed by atoms with Gasteiger partial charge in [-0.3, -0.25) is 9.59 Å². The summed E-state index contributed by atoms with van der Waals surface area (Å²) in [4.78, 5) is 22.7. The van der Waals surface area contributed by atoms with E-state index in [1.165, 1.54) is 180 Å². The molecular weight excluding hydrogens is 580 g/mol. The maximum atomic E-state index is 11.4. The Bertz CT molecular complexity index is 590. The van der Waals surface area contributed by atoms with E-state index in [2.05, 4.69) is 20.8 Å². The molecule has 47 heavy (non-hydrogen) atoms. The number of hydrogen-bond acceptors (Lipinski definition) is 4. The van der Waals surface area contributed by atoms with Gasteiger partial charge in [-0.2, -0.15) is 0 Å². The van der Waals surface area contributed by atoms with Gasteiger partial charge in [0.25, 0.3) is 0 Å². The number of carbonyl (C=O) groups is 2. The van der Waals surface area contributed by atoms with Crippen molar-refractivity contribution in [3.05, 3.63) is 0 Å². The highest BCUT2D eigenvalue weighted by Crippen LogP contribution is 2.15. The van der Waals surface area contributed by atoms with Gasteiger partial charge in [-0.1, -0.05) is 214 Å². The van der Waals surface area contributed by atoms with Gasteiger partial charge in [0, 0.05) is 12.8 Å². The van der Waals surface area contributed by atoms with Crippen molar-refractivity contribution in [2.75, 3.05) is 13.2 Å². The van der Waals surface area contributed by atoms with Crippen molar-refractivity contribution < 1.29 is 19.1 Å². The Morgan fingerprint density at radius 3 is 0.766 bits per heavy atom. The van der Waals surface area contributed by atoms with Crippen molar-refractivity contribution in [1.82, 2.24) is 0 Å². The van der Waals surface area contributed by atoms with E-state index in [9.17, 15) is 9.59 Å². The quantitative estimate of drug-likeness (QED) is 0.0489. The second-order valence-corrected chi connectivity index (χ2v) is 14.2. The average molecular weight is 667 g/mol. The van der Waals surface area contributed by atoms with Crippen molar-refractivity contribution in [2.24, 2.45) is 0 Å². The van der Waals surface area contributed by atoms with E-state index in [4.69, 9.17) is 9.47 Å². The molecule has 0 aliphatic carbocycles. The smallest absolute Gasteiger partial charge is 0.305 e. The molecule has 0 unspecified atom stereocenters. The lowest BCUT2D eigenvalue weighted by Gasteiger charge is -2.04. The van der Waals surface area contributed by atoms with Gasteiger partial charge in [-0.05, 0) is 25.7 Å². The van der Waals surface area contributed by atoms with Crippen LogP contribution in [0.25, 0.3) is 0 Å². The normalized spacial score (nSPS) is 10.9. The van der Waals surface area contributed by atoms with E-state index < -0.39 is 0 Å². The molecule has 0 spiro atoms. The van der Waals surface area contributed by atoms with Gasteiger partial charge in [-0.15, -0.1) is 0 Å². The van der Waals surface area contributed by atoms with Gasteiger partial charge in [0.2, 0.25) is 0 Å². The average Bonchev–Trinajstić information content (AvgIpc) is 3.07. The molecule has 0 aromatic rings. The van der Waals surface area contributed by atoms with Gasteiger partial charge in [0.1, 0.15) is 0 Å². The van der Waals surface area contributed by atoms with Crippen LogP contribution in [0.3, 0.4) is 0 Å². The summed E-state index contributed by atoms with van der Waals surface area (Å²) in [5.74, 6) is -0.0142. The van der Waals surface area contributed by atoms with E-state index in [0.29, 0.717) is 26.1 Å². The molecule has 0 saturated carbocycles. The van der Waals surface area contributed by atoms with Crippen LogP contribution in [-0.2, 0) is 19.1 Å². The van der Waals surface area contributed by atoms with Crippen LogP contribution in [0.1, 0.15) is 252 Å². The zero-order valence-electron chi connectivity index (χ0n) is 32.8. The number of esters is 2. The molecule has 0 bridgehead atoms. The number of hydrogen-bond donors (Lipinski definition) is 0. The monoisotopic (exact) mass is 667 g/mol. The summed E-state index contributed by atoms with van der Waals surface area (Å²) in [6.07, 6.45) is 45.0. The summed E-state index contributed by atoms with van der Waals surface area (Å²) < 4.78 is 10.2. The SMILES string of the molecule is CCCCCCCCCCCCCCCCCC(=O)OCCC.CCCCCCCCCCCCCCCCCC(=O)OCCCC. The molecular formula is C43H86O4. The molecule has 0 aromatic carbocycles. The molecule has 4 heteroatoms. The first-order chi connectivity index (χ1) is 23.1. The van der Waals surface area contributed by atoms with Gasteiger partial charge in [0.15, 0.2) is 0 Å². The van der Waals surface area contributed by atoms with Crippen LogP contribution in [0.5, 0.6) is 0 Å². The van der Waals surface area contributed by atoms with Crippen molar-refractivity contribution in [3.8, 4) is 0 Å². The molecule has 282 valence electrons. The minimum absolute atomic E-state index is 0.00172. The van der Waals surface area contributed by atoms with Crippen LogP contribution in [0.15, 0.2) is 0 Å². The van der Waals surface area contributed by atoms with Crippen molar-refractivity contribution in [1.29, 1.82) is 0 Å². The first kappa shape index (κ1) is 48.1. The standard InChI is InChI=1S/C22H44O2.C21H42O2/c1-3-5-7-8-9-10-11-12-13-14-15-16-17-18-19-20-22(23)24-21-6-4-2;1-3-5-6-7-8-9-10-11-12-13-14-15-16-17-18-19-21(22)23-20-4-2/h3-21H2,1-2H3;3-20H2,1-2H3. The molecule has 0 atom stereocenters. The lowest BCUT2D eigenvalue weighted by atomic mass is 10.0. The van der Waals surface area contributed by atoms with Crippen LogP contribution in [0.2, 0.25) is 0 Å². The minimum atomic E-state index is -0.0125. The van der Waals surface area contributed by atoms with Crippen molar-refractivity contribution >= 4 is 11.9 Å². The third kappa shape index (κ3) is 47.1. The van der Waals surface area contributed by atoms with E-state index >= 15 is 0 Å². The maximum Gasteiger partial charge on any atom is 0.305 e. The number of ether oxygens (including phenoxy) is 2. The number of carbonyl (C=O) groups excluding carboxylic acids is 2. The van der Waals surface area contributed by atoms with Gasteiger partial charge < -0.3 is 9.47 Å². The minimum Gasteiger partial charge on any atom is -0.466 e. The zero-order valence-corrected chi connectivity index (χ0v) is 32.8. The highest BCUT2D eigenvalue weighted by atomic mass is 16.5. The van der Waals surface area contributed by atoms with E-state index in [0.717, 1.165) is 32.1 Å². The van der Waals surface area contributed by atoms with E-state index in [1.54, 1.807) is 0 Å². The van der Waals surface area contributed by atoms with Gasteiger partial charge >= 0.3 is 11.9 Å². The van der Waals surface area contributed by atoms with Crippen molar-refractivity contribution in [3.63, 3.8) is 0 Å². The van der Waals surface area contributed by atoms with Crippen molar-refractivity contribution in [2.45, 2.75) is 252 Å². The maximum absolute atomic E-state index is 11.4. The Balaban J connectivity index is 0. The first-order valence-corrected chi connectivity index (χ1v) is 21.4. The molecule has 4 nitrogen and oxygen atoms in total. The number of rotatable bonds is 37. The Kier molecular flexibility index (Phi) is 45.9. The largest absolute Gasteiger partial charge is 0.466 e. The molecule has 0 amide bonds. The Labute approximate surface area is 296 Å². The Hall–Kier alpha value is -1.06. The molecule has 0 heterocycles. The summed E-state index contributed by atoms with van der Waals surface area (Å²) in [6, 6.07) is 0. The summed E-state index contributed by atoms with van der Waals surface area (Å²) in [5, 5.41) is 0. The van der Waals surface area contributed by atoms with Crippen LogP contribution >= 0.6 is 0 Å². The second-order valence-electron chi connectivity index (χ2n) is 14.2. The summed E-state index contributed by atoms with van der Waals surface area (Å²) >= 11 is 0. The molecule has 0 aliphatic rings. The Morgan fingerprint density at radius 2 is 0.511 bits per heavy atom. The summed E-state index contributed by atoms with van der Waals surface area (Å²) in [5.41, 5.74) is 0. The Morgan fingerprint density at radius 1 is 0.277 bits per heavy atom. The fraction of sp³-hybridized carbons (Fsp3) is 0.953. The number of unbranched alkanes of at least 4 members (excludes halogenated alkanes) is 29. The fourth-order valence-electron chi connectivity index (χ4n) is 5.97.